The molecule has 0 aliphatic heterocycles. The standard InChI is InChI=1S/C8H9N3O3/c1-14-8(13)7-5(4-10-11-7)2-3-6(9)12/h2-4H,1H3,(H2,9,12)(H,10,11). The average Bonchev–Trinajstić information content (AvgIpc) is 2.61. The quantitative estimate of drug-likeness (QED) is 0.510. The Morgan fingerprint density at radius 1 is 1.64 bits per heavy atom. The number of primary amides is 1. The minimum absolute atomic E-state index is 0.185. The molecule has 0 unspecified atom stereocenters. The van der Waals surface area contributed by atoms with E-state index in [1.165, 1.54) is 19.4 Å². The van der Waals surface area contributed by atoms with Gasteiger partial charge in [0.05, 0.1) is 13.3 Å². The molecule has 0 aliphatic carbocycles. The summed E-state index contributed by atoms with van der Waals surface area (Å²) in [6.45, 7) is 0. The number of nitrogens with one attached hydrogen (secondary N) is 1. The van der Waals surface area contributed by atoms with Crippen LogP contribution in [0, 0.1) is 0 Å². The highest BCUT2D eigenvalue weighted by Gasteiger charge is 2.11. The molecule has 0 aromatic carbocycles. The molecule has 1 rings (SSSR count). The van der Waals surface area contributed by atoms with Crippen LogP contribution in [0.2, 0.25) is 0 Å². The number of amides is 1. The molecule has 3 N–H and O–H groups in total. The van der Waals surface area contributed by atoms with Crippen LogP contribution in [-0.2, 0) is 9.53 Å². The summed E-state index contributed by atoms with van der Waals surface area (Å²) < 4.78 is 4.48. The van der Waals surface area contributed by atoms with E-state index in [0.29, 0.717) is 5.56 Å². The van der Waals surface area contributed by atoms with Crippen LogP contribution >= 0.6 is 0 Å². The first-order valence-electron chi connectivity index (χ1n) is 3.74. The lowest BCUT2D eigenvalue weighted by Crippen LogP contribution is -2.06. The summed E-state index contributed by atoms with van der Waals surface area (Å²) in [6.07, 6.45) is 3.92. The number of aromatic amines is 1. The van der Waals surface area contributed by atoms with E-state index in [9.17, 15) is 9.59 Å². The van der Waals surface area contributed by atoms with Crippen molar-refractivity contribution in [2.45, 2.75) is 0 Å². The van der Waals surface area contributed by atoms with Gasteiger partial charge in [0.1, 0.15) is 0 Å². The van der Waals surface area contributed by atoms with Crippen molar-refractivity contribution in [3.05, 3.63) is 23.5 Å². The molecule has 6 heteroatoms. The highest BCUT2D eigenvalue weighted by Crippen LogP contribution is 2.07. The SMILES string of the molecule is COC(=O)c1[nH]ncc1C=CC(N)=O. The lowest BCUT2D eigenvalue weighted by molar-refractivity contribution is -0.113. The summed E-state index contributed by atoms with van der Waals surface area (Å²) in [5, 5.41) is 6.09. The van der Waals surface area contributed by atoms with Gasteiger partial charge in [0, 0.05) is 11.6 Å². The molecule has 1 heterocycles. The largest absolute Gasteiger partial charge is 0.464 e. The van der Waals surface area contributed by atoms with Crippen LogP contribution in [0.15, 0.2) is 12.3 Å². The summed E-state index contributed by atoms with van der Waals surface area (Å²) in [7, 11) is 1.25. The Morgan fingerprint density at radius 2 is 2.36 bits per heavy atom. The minimum atomic E-state index is -0.595. The fraction of sp³-hybridized carbons (Fsp3) is 0.125. The van der Waals surface area contributed by atoms with Crippen LogP contribution in [-0.4, -0.2) is 29.2 Å². The number of esters is 1. The molecule has 6 nitrogen and oxygen atoms in total. The molecule has 74 valence electrons. The van der Waals surface area contributed by atoms with Gasteiger partial charge in [-0.25, -0.2) is 4.79 Å². The number of nitrogens with two attached hydrogens (primary N) is 1. The molecule has 1 amide bonds. The molecule has 0 fully saturated rings. The molecule has 0 spiro atoms. The van der Waals surface area contributed by atoms with Crippen molar-refractivity contribution in [3.8, 4) is 0 Å². The average molecular weight is 195 g/mol. The maximum atomic E-state index is 11.1. The maximum absolute atomic E-state index is 11.1. The number of rotatable bonds is 3. The fourth-order valence-electron chi connectivity index (χ4n) is 0.859. The molecule has 0 radical (unpaired) electrons. The Bertz CT molecular complexity index is 381. The first-order valence-corrected chi connectivity index (χ1v) is 3.74. The zero-order valence-corrected chi connectivity index (χ0v) is 7.48. The number of ether oxygens (including phenoxy) is 1. The summed E-state index contributed by atoms with van der Waals surface area (Å²) in [6, 6.07) is 0. The zero-order chi connectivity index (χ0) is 10.6. The Balaban J connectivity index is 2.93. The first kappa shape index (κ1) is 9.97. The molecule has 1 aromatic rings. The van der Waals surface area contributed by atoms with Crippen LogP contribution in [0.3, 0.4) is 0 Å². The van der Waals surface area contributed by atoms with Gasteiger partial charge < -0.3 is 10.5 Å². The monoisotopic (exact) mass is 195 g/mol. The normalized spacial score (nSPS) is 10.4. The number of methoxy groups -OCH3 is 1. The van der Waals surface area contributed by atoms with E-state index < -0.39 is 11.9 Å². The highest BCUT2D eigenvalue weighted by atomic mass is 16.5. The van der Waals surface area contributed by atoms with E-state index in [1.54, 1.807) is 0 Å². The van der Waals surface area contributed by atoms with Crippen molar-refractivity contribution in [2.24, 2.45) is 5.73 Å². The first-order chi connectivity index (χ1) is 6.65. The Morgan fingerprint density at radius 3 is 2.93 bits per heavy atom. The Hall–Kier alpha value is -2.11. The lowest BCUT2D eigenvalue weighted by Gasteiger charge is -1.95. The van der Waals surface area contributed by atoms with Gasteiger partial charge in [-0.05, 0) is 6.08 Å². The molecule has 0 saturated heterocycles. The molecule has 0 aliphatic rings. The topological polar surface area (TPSA) is 98.1 Å². The molecular formula is C8H9N3O3. The summed E-state index contributed by atoms with van der Waals surface area (Å²) in [5.41, 5.74) is 5.53. The van der Waals surface area contributed by atoms with Crippen LogP contribution in [0.4, 0.5) is 0 Å². The second-order valence-corrected chi connectivity index (χ2v) is 2.43. The van der Waals surface area contributed by atoms with Crippen molar-refractivity contribution in [1.29, 1.82) is 0 Å². The number of H-pyrrole nitrogens is 1. The fourth-order valence-corrected chi connectivity index (χ4v) is 0.859. The zero-order valence-electron chi connectivity index (χ0n) is 7.48. The lowest BCUT2D eigenvalue weighted by atomic mass is 10.2. The van der Waals surface area contributed by atoms with Gasteiger partial charge in [-0.3, -0.25) is 9.89 Å². The minimum Gasteiger partial charge on any atom is -0.464 e. The van der Waals surface area contributed by atoms with Crippen LogP contribution in [0.5, 0.6) is 0 Å². The number of nitrogens with zero attached hydrogens (tertiary/aromatic N) is 1. The number of hydrogen-bond acceptors (Lipinski definition) is 4. The third kappa shape index (κ3) is 2.19. The number of aromatic nitrogens is 2. The number of carbonyl (C=O) groups excluding carboxylic acids is 2. The second kappa shape index (κ2) is 4.22. The van der Waals surface area contributed by atoms with Gasteiger partial charge in [-0.15, -0.1) is 0 Å². The third-order valence-corrected chi connectivity index (χ3v) is 1.49. The maximum Gasteiger partial charge on any atom is 0.356 e. The molecule has 0 atom stereocenters. The Labute approximate surface area is 79.7 Å². The van der Waals surface area contributed by atoms with Crippen LogP contribution in [0.1, 0.15) is 16.1 Å². The van der Waals surface area contributed by atoms with Crippen molar-refractivity contribution in [3.63, 3.8) is 0 Å². The van der Waals surface area contributed by atoms with Gasteiger partial charge in [-0.2, -0.15) is 5.10 Å². The Kier molecular flexibility index (Phi) is 3.01. The molecular weight excluding hydrogens is 186 g/mol. The van der Waals surface area contributed by atoms with Crippen molar-refractivity contribution >= 4 is 18.0 Å². The van der Waals surface area contributed by atoms with Gasteiger partial charge >= 0.3 is 5.97 Å². The molecule has 0 saturated carbocycles. The molecule has 1 aromatic heterocycles. The van der Waals surface area contributed by atoms with E-state index in [2.05, 4.69) is 14.9 Å². The van der Waals surface area contributed by atoms with Gasteiger partial charge in [0.15, 0.2) is 5.69 Å². The van der Waals surface area contributed by atoms with Crippen molar-refractivity contribution < 1.29 is 14.3 Å². The van der Waals surface area contributed by atoms with E-state index in [1.807, 2.05) is 0 Å². The molecule has 14 heavy (non-hydrogen) atoms. The summed E-state index contributed by atoms with van der Waals surface area (Å²) in [4.78, 5) is 21.5. The summed E-state index contributed by atoms with van der Waals surface area (Å²) >= 11 is 0. The van der Waals surface area contributed by atoms with E-state index in [4.69, 9.17) is 5.73 Å². The second-order valence-electron chi connectivity index (χ2n) is 2.43. The van der Waals surface area contributed by atoms with Crippen LogP contribution < -0.4 is 5.73 Å². The van der Waals surface area contributed by atoms with Crippen molar-refractivity contribution in [1.82, 2.24) is 10.2 Å². The van der Waals surface area contributed by atoms with E-state index in [0.717, 1.165) is 6.08 Å². The third-order valence-electron chi connectivity index (χ3n) is 1.49. The number of hydrogen-bond donors (Lipinski definition) is 2. The predicted molar refractivity (Wildman–Crippen MR) is 48.2 cm³/mol. The summed E-state index contributed by atoms with van der Waals surface area (Å²) in [5.74, 6) is -1.14. The van der Waals surface area contributed by atoms with Crippen LogP contribution in [0.25, 0.3) is 6.08 Å². The van der Waals surface area contributed by atoms with Crippen molar-refractivity contribution in [2.75, 3.05) is 7.11 Å². The van der Waals surface area contributed by atoms with Gasteiger partial charge in [0.25, 0.3) is 0 Å². The van der Waals surface area contributed by atoms with E-state index in [-0.39, 0.29) is 5.69 Å². The van der Waals surface area contributed by atoms with Gasteiger partial charge in [-0.1, -0.05) is 0 Å². The smallest absolute Gasteiger partial charge is 0.356 e. The highest BCUT2D eigenvalue weighted by molar-refractivity contribution is 5.95. The number of carbonyl (C=O) groups is 2. The predicted octanol–water partition coefficient (Wildman–Crippen LogP) is -0.305. The molecule has 0 bridgehead atoms. The van der Waals surface area contributed by atoms with E-state index >= 15 is 0 Å². The van der Waals surface area contributed by atoms with Gasteiger partial charge in [0.2, 0.25) is 5.91 Å².